The van der Waals surface area contributed by atoms with E-state index >= 15 is 0 Å². The van der Waals surface area contributed by atoms with Crippen molar-refractivity contribution in [3.63, 3.8) is 0 Å². The van der Waals surface area contributed by atoms with Crippen LogP contribution in [0.4, 0.5) is 0 Å². The fraction of sp³-hybridized carbons (Fsp3) is 0.450. The SMILES string of the molecule is COC(=O)[C@H](C)NP(=O)(OC[C@H]1O[C@@H](n2cc(C)c(=O)[nH]c2=O)C[C@@H]1N=[N+]=[N-])Oc1ccccc1. The zero-order valence-corrected chi connectivity index (χ0v) is 20.1. The van der Waals surface area contributed by atoms with Crippen LogP contribution in [0, 0.1) is 6.92 Å². The van der Waals surface area contributed by atoms with E-state index in [1.165, 1.54) is 31.7 Å². The van der Waals surface area contributed by atoms with Gasteiger partial charge in [-0.15, -0.1) is 0 Å². The van der Waals surface area contributed by atoms with E-state index in [0.717, 1.165) is 0 Å². The van der Waals surface area contributed by atoms with Gasteiger partial charge < -0.3 is 14.0 Å². The number of para-hydroxylation sites is 1. The first-order valence-electron chi connectivity index (χ1n) is 10.5. The van der Waals surface area contributed by atoms with E-state index in [2.05, 4.69) is 24.8 Å². The van der Waals surface area contributed by atoms with Gasteiger partial charge in [0.2, 0.25) is 0 Å². The normalized spacial score (nSPS) is 22.0. The number of benzene rings is 1. The number of rotatable bonds is 10. The predicted molar refractivity (Wildman–Crippen MR) is 123 cm³/mol. The molecule has 0 radical (unpaired) electrons. The molecule has 2 heterocycles. The van der Waals surface area contributed by atoms with Crippen LogP contribution in [0.25, 0.3) is 10.4 Å². The number of carbonyl (C=O) groups excluding carboxylic acids is 1. The second-order valence-electron chi connectivity index (χ2n) is 7.69. The fourth-order valence-electron chi connectivity index (χ4n) is 3.37. The maximum Gasteiger partial charge on any atom is 0.459 e. The number of nitrogens with zero attached hydrogens (tertiary/aromatic N) is 4. The van der Waals surface area contributed by atoms with Crippen LogP contribution in [-0.4, -0.2) is 47.4 Å². The maximum absolute atomic E-state index is 13.5. The van der Waals surface area contributed by atoms with Crippen molar-refractivity contribution in [1.82, 2.24) is 14.6 Å². The first kappa shape index (κ1) is 26.2. The van der Waals surface area contributed by atoms with Gasteiger partial charge in [0.25, 0.3) is 5.56 Å². The van der Waals surface area contributed by atoms with E-state index in [-0.39, 0.29) is 24.3 Å². The Morgan fingerprint density at radius 1 is 1.40 bits per heavy atom. The van der Waals surface area contributed by atoms with E-state index < -0.39 is 49.4 Å². The lowest BCUT2D eigenvalue weighted by Gasteiger charge is -2.24. The third-order valence-electron chi connectivity index (χ3n) is 5.14. The zero-order valence-electron chi connectivity index (χ0n) is 19.2. The molecule has 1 aromatic heterocycles. The molecule has 14 nitrogen and oxygen atoms in total. The number of hydrogen-bond acceptors (Lipinski definition) is 9. The Labute approximate surface area is 199 Å². The molecule has 0 bridgehead atoms. The first-order chi connectivity index (χ1) is 16.7. The van der Waals surface area contributed by atoms with E-state index in [1.54, 1.807) is 30.3 Å². The molecule has 2 N–H and O–H groups in total. The van der Waals surface area contributed by atoms with Gasteiger partial charge >= 0.3 is 19.4 Å². The number of azide groups is 1. The van der Waals surface area contributed by atoms with Crippen LogP contribution in [0.1, 0.15) is 25.1 Å². The Balaban J connectivity index is 1.81. The van der Waals surface area contributed by atoms with Crippen LogP contribution in [0.5, 0.6) is 5.75 Å². The summed E-state index contributed by atoms with van der Waals surface area (Å²) in [7, 11) is -2.98. The number of aromatic nitrogens is 2. The highest BCUT2D eigenvalue weighted by Gasteiger charge is 2.40. The van der Waals surface area contributed by atoms with Crippen molar-refractivity contribution in [1.29, 1.82) is 0 Å². The van der Waals surface area contributed by atoms with Gasteiger partial charge in [-0.05, 0) is 31.5 Å². The number of H-pyrrole nitrogens is 1. The number of aromatic amines is 1. The number of nitrogens with one attached hydrogen (secondary N) is 2. The maximum atomic E-state index is 13.5. The topological polar surface area (TPSA) is 187 Å². The molecule has 1 aliphatic rings. The smallest absolute Gasteiger partial charge is 0.459 e. The van der Waals surface area contributed by atoms with Crippen LogP contribution in [-0.2, 0) is 23.4 Å². The van der Waals surface area contributed by atoms with Gasteiger partial charge in [0, 0.05) is 23.1 Å². The van der Waals surface area contributed by atoms with Gasteiger partial charge in [-0.1, -0.05) is 23.3 Å². The Bertz CT molecular complexity index is 1260. The van der Waals surface area contributed by atoms with Crippen LogP contribution < -0.4 is 20.9 Å². The van der Waals surface area contributed by atoms with Crippen molar-refractivity contribution >= 4 is 13.7 Å². The number of hydrogen-bond donors (Lipinski definition) is 2. The third-order valence-corrected chi connectivity index (χ3v) is 6.79. The van der Waals surface area contributed by atoms with Crippen molar-refractivity contribution in [2.75, 3.05) is 13.7 Å². The van der Waals surface area contributed by atoms with E-state index in [4.69, 9.17) is 19.3 Å². The average Bonchev–Trinajstić information content (AvgIpc) is 3.23. The molecule has 1 aliphatic heterocycles. The number of ether oxygens (including phenoxy) is 2. The fourth-order valence-corrected chi connectivity index (χ4v) is 4.87. The van der Waals surface area contributed by atoms with Crippen molar-refractivity contribution in [3.8, 4) is 5.75 Å². The zero-order chi connectivity index (χ0) is 25.6. The molecule has 15 heteroatoms. The molecule has 1 aromatic carbocycles. The van der Waals surface area contributed by atoms with Crippen LogP contribution in [0.3, 0.4) is 0 Å². The molecule has 1 fully saturated rings. The number of esters is 1. The van der Waals surface area contributed by atoms with Crippen LogP contribution >= 0.6 is 7.75 Å². The monoisotopic (exact) mass is 508 g/mol. The van der Waals surface area contributed by atoms with Crippen molar-refractivity contribution in [2.24, 2.45) is 5.11 Å². The molecule has 0 aliphatic carbocycles. The molecule has 0 spiro atoms. The molecule has 0 saturated carbocycles. The Morgan fingerprint density at radius 2 is 2.11 bits per heavy atom. The average molecular weight is 508 g/mol. The summed E-state index contributed by atoms with van der Waals surface area (Å²) < 4.78 is 36.3. The van der Waals surface area contributed by atoms with Gasteiger partial charge in [0.1, 0.15) is 18.0 Å². The Morgan fingerprint density at radius 3 is 2.77 bits per heavy atom. The van der Waals surface area contributed by atoms with E-state index in [9.17, 15) is 18.9 Å². The summed E-state index contributed by atoms with van der Waals surface area (Å²) in [5.41, 5.74) is 8.03. The van der Waals surface area contributed by atoms with Crippen LogP contribution in [0.2, 0.25) is 0 Å². The van der Waals surface area contributed by atoms with Gasteiger partial charge in [-0.25, -0.2) is 9.36 Å². The molecular weight excluding hydrogens is 483 g/mol. The molecule has 35 heavy (non-hydrogen) atoms. The number of methoxy groups -OCH3 is 1. The first-order valence-corrected chi connectivity index (χ1v) is 12.1. The largest absolute Gasteiger partial charge is 0.468 e. The summed E-state index contributed by atoms with van der Waals surface area (Å²) in [6.07, 6.45) is -0.360. The summed E-state index contributed by atoms with van der Waals surface area (Å²) in [5, 5.41) is 6.21. The lowest BCUT2D eigenvalue weighted by atomic mass is 10.1. The van der Waals surface area contributed by atoms with Crippen molar-refractivity contribution in [3.05, 3.63) is 73.4 Å². The summed E-state index contributed by atoms with van der Waals surface area (Å²) in [6.45, 7) is 2.58. The number of carbonyl (C=O) groups is 1. The molecule has 1 saturated heterocycles. The van der Waals surface area contributed by atoms with E-state index in [0.29, 0.717) is 0 Å². The summed E-state index contributed by atoms with van der Waals surface area (Å²) in [4.78, 5) is 40.8. The third kappa shape index (κ3) is 6.59. The summed E-state index contributed by atoms with van der Waals surface area (Å²) >= 11 is 0. The lowest BCUT2D eigenvalue weighted by Crippen LogP contribution is -2.36. The van der Waals surface area contributed by atoms with Gasteiger partial charge in [0.15, 0.2) is 0 Å². The standard InChI is InChI=1S/C20H25N6O8P/c1-12-10-26(20(29)22-18(12)27)17-9-15(23-25-21)16(33-17)11-32-35(30,24-13(2)19(28)31-3)34-14-7-5-4-6-8-14/h4-8,10,13,15-17H,9,11H2,1-3H3,(H,24,30)(H,22,27,29)/t13-,15-,16+,17+,35?/m0/s1. The highest BCUT2D eigenvalue weighted by molar-refractivity contribution is 7.52. The predicted octanol–water partition coefficient (Wildman–Crippen LogP) is 2.17. The molecule has 2 aromatic rings. The molecular formula is C20H25N6O8P. The molecule has 188 valence electrons. The Hall–Kier alpha value is -3.41. The number of aryl methyl sites for hydroxylation is 1. The van der Waals surface area contributed by atoms with Crippen molar-refractivity contribution < 1.29 is 27.9 Å². The van der Waals surface area contributed by atoms with Gasteiger partial charge in [-0.3, -0.25) is 23.7 Å². The minimum Gasteiger partial charge on any atom is -0.468 e. The van der Waals surface area contributed by atoms with Crippen molar-refractivity contribution in [2.45, 2.75) is 44.7 Å². The lowest BCUT2D eigenvalue weighted by molar-refractivity contribution is -0.142. The minimum absolute atomic E-state index is 0.0965. The second kappa shape index (κ2) is 11.3. The summed E-state index contributed by atoms with van der Waals surface area (Å²) in [6, 6.07) is 6.34. The highest BCUT2D eigenvalue weighted by Crippen LogP contribution is 2.46. The molecule has 3 rings (SSSR count). The van der Waals surface area contributed by atoms with Crippen LogP contribution in [0.15, 0.2) is 51.2 Å². The summed E-state index contributed by atoms with van der Waals surface area (Å²) in [5.74, 6) is -0.477. The van der Waals surface area contributed by atoms with Gasteiger partial charge in [0.05, 0.1) is 25.9 Å². The second-order valence-corrected chi connectivity index (χ2v) is 9.38. The molecule has 0 amide bonds. The highest BCUT2D eigenvalue weighted by atomic mass is 31.2. The molecule has 5 atom stereocenters. The van der Waals surface area contributed by atoms with Gasteiger partial charge in [-0.2, -0.15) is 5.09 Å². The van der Waals surface area contributed by atoms with E-state index in [1.807, 2.05) is 0 Å². The Kier molecular flexibility index (Phi) is 8.49. The quantitative estimate of drug-likeness (QED) is 0.159. The molecule has 1 unspecified atom stereocenters. The minimum atomic E-state index is -4.16.